The first-order chi connectivity index (χ1) is 8.54. The lowest BCUT2D eigenvalue weighted by atomic mass is 9.58. The van der Waals surface area contributed by atoms with Crippen molar-refractivity contribution in [1.82, 2.24) is 5.32 Å². The zero-order chi connectivity index (χ0) is 12.9. The molecule has 2 aliphatic carbocycles. The normalized spacial score (nSPS) is 41.7. The van der Waals surface area contributed by atoms with Gasteiger partial charge in [0, 0.05) is 11.4 Å². The van der Waals surface area contributed by atoms with E-state index in [0.717, 1.165) is 37.3 Å². The van der Waals surface area contributed by atoms with Crippen molar-refractivity contribution in [2.75, 3.05) is 0 Å². The predicted octanol–water partition coefficient (Wildman–Crippen LogP) is 3.23. The van der Waals surface area contributed by atoms with Crippen LogP contribution in [0.3, 0.4) is 0 Å². The highest BCUT2D eigenvalue weighted by atomic mass is 14.9. The third-order valence-corrected chi connectivity index (χ3v) is 4.98. The molecule has 0 saturated heterocycles. The highest BCUT2D eigenvalue weighted by Gasteiger charge is 2.47. The lowest BCUT2D eigenvalue weighted by molar-refractivity contribution is 0.246. The molecule has 18 heavy (non-hydrogen) atoms. The summed E-state index contributed by atoms with van der Waals surface area (Å²) in [6.45, 7) is 8.58. The van der Waals surface area contributed by atoms with Gasteiger partial charge < -0.3 is 11.1 Å². The maximum atomic E-state index is 6.85. The number of rotatable bonds is 0. The van der Waals surface area contributed by atoms with Crippen molar-refractivity contribution in [3.05, 3.63) is 35.2 Å². The van der Waals surface area contributed by atoms with Crippen LogP contribution in [-0.2, 0) is 0 Å². The molecule has 1 saturated carbocycles. The van der Waals surface area contributed by atoms with E-state index in [2.05, 4.69) is 31.8 Å². The maximum absolute atomic E-state index is 6.85. The molecule has 3 aliphatic rings. The molecule has 98 valence electrons. The molecule has 3 rings (SSSR count). The third kappa shape index (κ3) is 1.58. The number of hydrogen-bond acceptors (Lipinski definition) is 2. The molecular weight excluding hydrogens is 220 g/mol. The van der Waals surface area contributed by atoms with Gasteiger partial charge in [0.05, 0.1) is 5.54 Å². The van der Waals surface area contributed by atoms with Crippen LogP contribution in [0.5, 0.6) is 0 Å². The Balaban J connectivity index is 2.10. The molecule has 0 amide bonds. The lowest BCUT2D eigenvalue weighted by Gasteiger charge is -2.51. The Kier molecular flexibility index (Phi) is 2.67. The first kappa shape index (κ1) is 12.0. The van der Waals surface area contributed by atoms with Crippen molar-refractivity contribution >= 4 is 0 Å². The number of fused-ring (bicyclic) bond motifs is 3. The molecule has 3 atom stereocenters. The minimum absolute atomic E-state index is 0.168. The highest BCUT2D eigenvalue weighted by molar-refractivity contribution is 5.47. The van der Waals surface area contributed by atoms with E-state index < -0.39 is 0 Å². The Bertz CT molecular complexity index is 458. The molecule has 2 heteroatoms. The summed E-state index contributed by atoms with van der Waals surface area (Å²) in [6, 6.07) is 0. The van der Waals surface area contributed by atoms with E-state index in [4.69, 9.17) is 5.73 Å². The summed E-state index contributed by atoms with van der Waals surface area (Å²) in [4.78, 5) is 0. The van der Waals surface area contributed by atoms with E-state index in [1.165, 1.54) is 23.3 Å². The smallest absolute Gasteiger partial charge is 0.0609 e. The fourth-order valence-electron chi connectivity index (χ4n) is 4.40. The highest BCUT2D eigenvalue weighted by Crippen LogP contribution is 2.51. The Morgan fingerprint density at radius 1 is 1.44 bits per heavy atom. The number of allylic oxidation sites excluding steroid dienone is 3. The fourth-order valence-corrected chi connectivity index (χ4v) is 4.40. The molecule has 1 fully saturated rings. The van der Waals surface area contributed by atoms with Gasteiger partial charge in [-0.3, -0.25) is 0 Å². The van der Waals surface area contributed by atoms with Crippen LogP contribution < -0.4 is 11.1 Å². The molecule has 0 spiro atoms. The topological polar surface area (TPSA) is 38.0 Å². The molecular formula is C16H24N2. The van der Waals surface area contributed by atoms with Crippen LogP contribution in [0.25, 0.3) is 0 Å². The van der Waals surface area contributed by atoms with Crippen molar-refractivity contribution < 1.29 is 0 Å². The monoisotopic (exact) mass is 244 g/mol. The Morgan fingerprint density at radius 3 is 2.94 bits per heavy atom. The van der Waals surface area contributed by atoms with Crippen LogP contribution in [0.1, 0.15) is 46.0 Å². The molecule has 0 aromatic carbocycles. The summed E-state index contributed by atoms with van der Waals surface area (Å²) >= 11 is 0. The van der Waals surface area contributed by atoms with Gasteiger partial charge in [0.25, 0.3) is 0 Å². The molecule has 3 N–H and O–H groups in total. The minimum atomic E-state index is -0.168. The molecule has 0 aromatic rings. The van der Waals surface area contributed by atoms with Crippen LogP contribution in [0.4, 0.5) is 0 Å². The first-order valence-corrected chi connectivity index (χ1v) is 7.17. The maximum Gasteiger partial charge on any atom is 0.0609 e. The van der Waals surface area contributed by atoms with Gasteiger partial charge in [0.1, 0.15) is 0 Å². The van der Waals surface area contributed by atoms with Gasteiger partial charge >= 0.3 is 0 Å². The average Bonchev–Trinajstić information content (AvgIpc) is 2.26. The van der Waals surface area contributed by atoms with Crippen molar-refractivity contribution in [2.45, 2.75) is 51.5 Å². The first-order valence-electron chi connectivity index (χ1n) is 7.17. The van der Waals surface area contributed by atoms with Gasteiger partial charge in [-0.15, -0.1) is 0 Å². The van der Waals surface area contributed by atoms with Crippen molar-refractivity contribution in [3.63, 3.8) is 0 Å². The summed E-state index contributed by atoms with van der Waals surface area (Å²) in [6.07, 6.45) is 7.93. The van der Waals surface area contributed by atoms with Crippen LogP contribution in [0.2, 0.25) is 0 Å². The SMILES string of the molecule is C=C1CCC2=C(CC3CC(C)CC2(N)/C3=C/C)N1. The summed E-state index contributed by atoms with van der Waals surface area (Å²) in [5, 5.41) is 3.51. The molecule has 2 bridgehead atoms. The van der Waals surface area contributed by atoms with E-state index in [9.17, 15) is 0 Å². The summed E-state index contributed by atoms with van der Waals surface area (Å²) in [5.74, 6) is 1.38. The van der Waals surface area contributed by atoms with Crippen LogP contribution in [-0.4, -0.2) is 5.54 Å². The molecule has 3 unspecified atom stereocenters. The fraction of sp³-hybridized carbons (Fsp3) is 0.625. The van der Waals surface area contributed by atoms with Gasteiger partial charge in [-0.25, -0.2) is 0 Å². The van der Waals surface area contributed by atoms with Crippen LogP contribution in [0.15, 0.2) is 35.2 Å². The zero-order valence-electron chi connectivity index (χ0n) is 11.6. The molecule has 2 nitrogen and oxygen atoms in total. The minimum Gasteiger partial charge on any atom is -0.363 e. The van der Waals surface area contributed by atoms with Gasteiger partial charge in [0.15, 0.2) is 0 Å². The standard InChI is InChI=1S/C16H24N2/c1-4-13-12-7-10(2)9-16(13,17)14-6-5-11(3)18-15(14)8-12/h4,10,12,18H,3,5-9,17H2,1-2H3/b13-4+. The van der Waals surface area contributed by atoms with Crippen molar-refractivity contribution in [2.24, 2.45) is 17.6 Å². The summed E-state index contributed by atoms with van der Waals surface area (Å²) < 4.78 is 0. The van der Waals surface area contributed by atoms with Gasteiger partial charge in [-0.05, 0) is 62.0 Å². The Hall–Kier alpha value is -1.02. The Labute approximate surface area is 110 Å². The van der Waals surface area contributed by atoms with E-state index in [1.54, 1.807) is 0 Å². The van der Waals surface area contributed by atoms with E-state index in [-0.39, 0.29) is 5.54 Å². The number of hydrogen-bond donors (Lipinski definition) is 2. The molecule has 0 radical (unpaired) electrons. The second kappa shape index (κ2) is 3.99. The second-order valence-electron chi connectivity index (χ2n) is 6.35. The van der Waals surface area contributed by atoms with Gasteiger partial charge in [-0.1, -0.05) is 19.6 Å². The van der Waals surface area contributed by atoms with Crippen molar-refractivity contribution in [3.8, 4) is 0 Å². The number of nitrogens with one attached hydrogen (secondary N) is 1. The summed E-state index contributed by atoms with van der Waals surface area (Å²) in [5.41, 5.74) is 12.2. The zero-order valence-corrected chi connectivity index (χ0v) is 11.6. The molecule has 0 aromatic heterocycles. The van der Waals surface area contributed by atoms with Gasteiger partial charge in [0.2, 0.25) is 0 Å². The van der Waals surface area contributed by atoms with Crippen LogP contribution in [0, 0.1) is 11.8 Å². The second-order valence-corrected chi connectivity index (χ2v) is 6.35. The molecule has 1 heterocycles. The largest absolute Gasteiger partial charge is 0.363 e. The van der Waals surface area contributed by atoms with E-state index >= 15 is 0 Å². The van der Waals surface area contributed by atoms with E-state index in [1.807, 2.05) is 0 Å². The van der Waals surface area contributed by atoms with Crippen LogP contribution >= 0.6 is 0 Å². The quantitative estimate of drug-likeness (QED) is 0.642. The lowest BCUT2D eigenvalue weighted by Crippen LogP contribution is -2.55. The van der Waals surface area contributed by atoms with Crippen molar-refractivity contribution in [1.29, 1.82) is 0 Å². The Morgan fingerprint density at radius 2 is 2.22 bits per heavy atom. The predicted molar refractivity (Wildman–Crippen MR) is 75.7 cm³/mol. The van der Waals surface area contributed by atoms with Gasteiger partial charge in [-0.2, -0.15) is 0 Å². The average molecular weight is 244 g/mol. The third-order valence-electron chi connectivity index (χ3n) is 4.98. The summed E-state index contributed by atoms with van der Waals surface area (Å²) in [7, 11) is 0. The van der Waals surface area contributed by atoms with E-state index in [0.29, 0.717) is 5.92 Å². The molecule has 1 aliphatic heterocycles. The number of nitrogens with two attached hydrogens (primary N) is 1.